The molecular formula is C21H26N2O4S. The molecule has 0 aliphatic rings. The van der Waals surface area contributed by atoms with Crippen LogP contribution in [0, 0.1) is 6.92 Å². The first-order valence-electron chi connectivity index (χ1n) is 9.22. The van der Waals surface area contributed by atoms with Gasteiger partial charge in [-0.2, -0.15) is 0 Å². The van der Waals surface area contributed by atoms with Crippen molar-refractivity contribution in [1.29, 1.82) is 0 Å². The van der Waals surface area contributed by atoms with Crippen LogP contribution in [0.2, 0.25) is 0 Å². The van der Waals surface area contributed by atoms with Crippen molar-refractivity contribution in [2.24, 2.45) is 0 Å². The minimum Gasteiger partial charge on any atom is -0.493 e. The van der Waals surface area contributed by atoms with Crippen molar-refractivity contribution >= 4 is 34.2 Å². The van der Waals surface area contributed by atoms with Gasteiger partial charge in [-0.3, -0.25) is 14.9 Å². The molecule has 0 saturated heterocycles. The third kappa shape index (κ3) is 6.20. The number of carbonyl (C=O) groups is 2. The second kappa shape index (κ2) is 10.6. The van der Waals surface area contributed by atoms with Gasteiger partial charge in [-0.05, 0) is 37.1 Å². The first-order valence-corrected chi connectivity index (χ1v) is 10.0. The van der Waals surface area contributed by atoms with Gasteiger partial charge in [0.2, 0.25) is 5.91 Å². The number of thiazole rings is 1. The predicted octanol–water partition coefficient (Wildman–Crippen LogP) is 4.88. The molecule has 0 spiro atoms. The minimum absolute atomic E-state index is 0.0601. The molecule has 0 bridgehead atoms. The van der Waals surface area contributed by atoms with E-state index in [0.29, 0.717) is 33.8 Å². The lowest BCUT2D eigenvalue weighted by Gasteiger charge is -2.11. The van der Waals surface area contributed by atoms with Gasteiger partial charge in [-0.25, -0.2) is 4.98 Å². The molecule has 1 aromatic carbocycles. The molecule has 0 fully saturated rings. The summed E-state index contributed by atoms with van der Waals surface area (Å²) in [7, 11) is 1.59. The number of rotatable bonds is 10. The first kappa shape index (κ1) is 21.6. The van der Waals surface area contributed by atoms with E-state index in [4.69, 9.17) is 9.47 Å². The number of methoxy groups -OCH3 is 1. The molecular weight excluding hydrogens is 376 g/mol. The highest BCUT2D eigenvalue weighted by molar-refractivity contribution is 7.17. The number of anilines is 1. The van der Waals surface area contributed by atoms with E-state index >= 15 is 0 Å². The first-order chi connectivity index (χ1) is 13.4. The normalized spacial score (nSPS) is 10.9. The van der Waals surface area contributed by atoms with Gasteiger partial charge in [0.15, 0.2) is 22.4 Å². The van der Waals surface area contributed by atoms with Crippen LogP contribution < -0.4 is 14.8 Å². The van der Waals surface area contributed by atoms with Crippen LogP contribution in [-0.2, 0) is 4.79 Å². The second-order valence-corrected chi connectivity index (χ2v) is 7.28. The van der Waals surface area contributed by atoms with Gasteiger partial charge in [0, 0.05) is 13.0 Å². The zero-order valence-electron chi connectivity index (χ0n) is 16.7. The number of Topliss-reactive ketones (excluding diaryl/α,β-unsaturated/α-hetero) is 1. The molecule has 7 heteroatoms. The van der Waals surface area contributed by atoms with Crippen LogP contribution in [0.4, 0.5) is 5.13 Å². The summed E-state index contributed by atoms with van der Waals surface area (Å²) in [6, 6.07) is 5.52. The van der Waals surface area contributed by atoms with E-state index in [1.165, 1.54) is 24.3 Å². The summed E-state index contributed by atoms with van der Waals surface area (Å²) in [6.45, 7) is 6.03. The van der Waals surface area contributed by atoms with Crippen molar-refractivity contribution in [1.82, 2.24) is 4.98 Å². The van der Waals surface area contributed by atoms with Crippen LogP contribution >= 0.6 is 11.3 Å². The Balaban J connectivity index is 1.99. The number of hydrogen-bond acceptors (Lipinski definition) is 6. The Hall–Kier alpha value is -2.67. The van der Waals surface area contributed by atoms with E-state index in [9.17, 15) is 9.59 Å². The Kier molecular flexibility index (Phi) is 8.19. The van der Waals surface area contributed by atoms with Crippen molar-refractivity contribution in [2.45, 2.75) is 40.0 Å². The third-order valence-corrected chi connectivity index (χ3v) is 5.14. The molecule has 28 heavy (non-hydrogen) atoms. The molecule has 1 heterocycles. The molecule has 2 rings (SSSR count). The van der Waals surface area contributed by atoms with Gasteiger partial charge in [-0.15, -0.1) is 0 Å². The molecule has 150 valence electrons. The van der Waals surface area contributed by atoms with Gasteiger partial charge in [0.25, 0.3) is 0 Å². The van der Waals surface area contributed by atoms with Crippen LogP contribution in [0.25, 0.3) is 6.08 Å². The molecule has 0 saturated carbocycles. The Labute approximate surface area is 169 Å². The highest BCUT2D eigenvalue weighted by Crippen LogP contribution is 2.29. The summed E-state index contributed by atoms with van der Waals surface area (Å²) in [4.78, 5) is 28.4. The smallest absolute Gasteiger partial charge is 0.250 e. The highest BCUT2D eigenvalue weighted by atomic mass is 32.1. The number of aromatic nitrogens is 1. The molecule has 6 nitrogen and oxygen atoms in total. The second-order valence-electron chi connectivity index (χ2n) is 6.28. The maximum absolute atomic E-state index is 12.1. The molecule has 0 unspecified atom stereocenters. The number of hydrogen-bond donors (Lipinski definition) is 1. The zero-order chi connectivity index (χ0) is 20.5. The molecule has 2 aromatic rings. The number of nitrogens with zero attached hydrogens (tertiary/aromatic N) is 1. The summed E-state index contributed by atoms with van der Waals surface area (Å²) < 4.78 is 11.1. The minimum atomic E-state index is -0.317. The topological polar surface area (TPSA) is 77.5 Å². The lowest BCUT2D eigenvalue weighted by molar-refractivity contribution is -0.111. The Morgan fingerprint density at radius 3 is 2.68 bits per heavy atom. The summed E-state index contributed by atoms with van der Waals surface area (Å²) in [6.07, 6.45) is 6.38. The number of unbranched alkanes of at least 4 members (excludes halogenated alkanes) is 2. The molecule has 0 radical (unpaired) electrons. The Morgan fingerprint density at radius 1 is 1.25 bits per heavy atom. The lowest BCUT2D eigenvalue weighted by atomic mass is 10.2. The van der Waals surface area contributed by atoms with Crippen LogP contribution in [0.3, 0.4) is 0 Å². The summed E-state index contributed by atoms with van der Waals surface area (Å²) >= 11 is 1.17. The summed E-state index contributed by atoms with van der Waals surface area (Å²) in [5.74, 6) is 0.939. The SMILES string of the molecule is CCCCCOc1ccc(/C=C/C(=O)Nc2nc(C)c(C(C)=O)s2)cc1OC. The number of ether oxygens (including phenoxy) is 2. The van der Waals surface area contributed by atoms with Gasteiger partial charge < -0.3 is 9.47 Å². The fourth-order valence-electron chi connectivity index (χ4n) is 2.54. The average molecular weight is 403 g/mol. The number of aryl methyl sites for hydroxylation is 1. The standard InChI is InChI=1S/C21H26N2O4S/c1-5-6-7-12-27-17-10-8-16(13-18(17)26-4)9-11-19(25)23-21-22-14(2)20(28-21)15(3)24/h8-11,13H,5-7,12H2,1-4H3,(H,22,23,25)/b11-9+. The molecule has 0 aliphatic carbocycles. The monoisotopic (exact) mass is 402 g/mol. The number of ketones is 1. The van der Waals surface area contributed by atoms with E-state index in [-0.39, 0.29) is 11.7 Å². The third-order valence-electron chi connectivity index (χ3n) is 3.97. The Bertz CT molecular complexity index is 858. The van der Waals surface area contributed by atoms with Crippen molar-refractivity contribution in [2.75, 3.05) is 19.0 Å². The fourth-order valence-corrected chi connectivity index (χ4v) is 3.40. The molecule has 0 atom stereocenters. The number of carbonyl (C=O) groups excluding carboxylic acids is 2. The molecule has 1 aromatic heterocycles. The Morgan fingerprint density at radius 2 is 2.04 bits per heavy atom. The van der Waals surface area contributed by atoms with Crippen LogP contribution in [0.15, 0.2) is 24.3 Å². The van der Waals surface area contributed by atoms with E-state index in [1.807, 2.05) is 18.2 Å². The number of nitrogens with one attached hydrogen (secondary N) is 1. The highest BCUT2D eigenvalue weighted by Gasteiger charge is 2.12. The predicted molar refractivity (Wildman–Crippen MR) is 113 cm³/mol. The molecule has 1 amide bonds. The van der Waals surface area contributed by atoms with Crippen LogP contribution in [0.5, 0.6) is 11.5 Å². The zero-order valence-corrected chi connectivity index (χ0v) is 17.5. The maximum atomic E-state index is 12.1. The summed E-state index contributed by atoms with van der Waals surface area (Å²) in [5.41, 5.74) is 1.43. The fraction of sp³-hybridized carbons (Fsp3) is 0.381. The quantitative estimate of drug-likeness (QED) is 0.348. The summed E-state index contributed by atoms with van der Waals surface area (Å²) in [5, 5.41) is 3.09. The van der Waals surface area contributed by atoms with Gasteiger partial charge in [0.05, 0.1) is 24.3 Å². The molecule has 0 aliphatic heterocycles. The van der Waals surface area contributed by atoms with E-state index in [0.717, 1.165) is 24.8 Å². The number of benzene rings is 1. The van der Waals surface area contributed by atoms with E-state index < -0.39 is 0 Å². The van der Waals surface area contributed by atoms with Gasteiger partial charge in [0.1, 0.15) is 0 Å². The van der Waals surface area contributed by atoms with Crippen molar-refractivity contribution in [3.05, 3.63) is 40.4 Å². The van der Waals surface area contributed by atoms with Crippen LogP contribution in [0.1, 0.15) is 54.0 Å². The van der Waals surface area contributed by atoms with E-state index in [2.05, 4.69) is 17.2 Å². The maximum Gasteiger partial charge on any atom is 0.250 e. The number of amides is 1. The van der Waals surface area contributed by atoms with E-state index in [1.54, 1.807) is 20.1 Å². The van der Waals surface area contributed by atoms with Crippen LogP contribution in [-0.4, -0.2) is 30.4 Å². The lowest BCUT2D eigenvalue weighted by Crippen LogP contribution is -2.07. The van der Waals surface area contributed by atoms with Gasteiger partial charge in [-0.1, -0.05) is 37.2 Å². The largest absolute Gasteiger partial charge is 0.493 e. The average Bonchev–Trinajstić information content (AvgIpc) is 3.04. The van der Waals surface area contributed by atoms with Crippen molar-refractivity contribution in [3.63, 3.8) is 0 Å². The van der Waals surface area contributed by atoms with Crippen molar-refractivity contribution < 1.29 is 19.1 Å². The van der Waals surface area contributed by atoms with Crippen molar-refractivity contribution in [3.8, 4) is 11.5 Å². The van der Waals surface area contributed by atoms with Gasteiger partial charge >= 0.3 is 0 Å². The molecule has 1 N–H and O–H groups in total.